The van der Waals surface area contributed by atoms with E-state index in [1.54, 1.807) is 11.8 Å². The maximum atomic E-state index is 12.1. The van der Waals surface area contributed by atoms with Crippen LogP contribution in [0.25, 0.3) is 0 Å². The lowest BCUT2D eigenvalue weighted by atomic mass is 10.0. The monoisotopic (exact) mass is 277 g/mol. The van der Waals surface area contributed by atoms with Crippen molar-refractivity contribution in [1.29, 1.82) is 0 Å². The van der Waals surface area contributed by atoms with Gasteiger partial charge in [-0.3, -0.25) is 4.79 Å². The summed E-state index contributed by atoms with van der Waals surface area (Å²) in [7, 11) is 0. The maximum Gasteiger partial charge on any atom is 0.251 e. The summed E-state index contributed by atoms with van der Waals surface area (Å²) in [5.74, 6) is 1.63. The highest BCUT2D eigenvalue weighted by Crippen LogP contribution is 2.27. The highest BCUT2D eigenvalue weighted by atomic mass is 32.2. The standard InChI is InChI=1S/C15H19NO2S/c17-14(16-9-15(18)6-7-19-10-15)13-5-4-11-2-1-3-12(11)8-13/h4-5,8,18H,1-3,6-7,9-10H2,(H,16,17). The summed E-state index contributed by atoms with van der Waals surface area (Å²) < 4.78 is 0. The normalized spacial score (nSPS) is 25.3. The Hall–Kier alpha value is -1.00. The van der Waals surface area contributed by atoms with E-state index in [1.165, 1.54) is 17.5 Å². The minimum atomic E-state index is -0.711. The molecule has 3 nitrogen and oxygen atoms in total. The van der Waals surface area contributed by atoms with Crippen molar-refractivity contribution in [2.75, 3.05) is 18.1 Å². The van der Waals surface area contributed by atoms with Crippen LogP contribution in [0.5, 0.6) is 0 Å². The van der Waals surface area contributed by atoms with Gasteiger partial charge in [0.15, 0.2) is 0 Å². The summed E-state index contributed by atoms with van der Waals surface area (Å²) in [5, 5.41) is 13.1. The third-order valence-electron chi connectivity index (χ3n) is 4.02. The second kappa shape index (κ2) is 5.17. The molecule has 0 spiro atoms. The molecule has 1 aliphatic carbocycles. The van der Waals surface area contributed by atoms with Crippen molar-refractivity contribution in [2.24, 2.45) is 0 Å². The molecule has 1 unspecified atom stereocenters. The van der Waals surface area contributed by atoms with Gasteiger partial charge in [-0.15, -0.1) is 0 Å². The minimum absolute atomic E-state index is 0.0694. The number of hydrogen-bond acceptors (Lipinski definition) is 3. The second-order valence-electron chi connectivity index (χ2n) is 5.55. The zero-order valence-corrected chi connectivity index (χ0v) is 11.8. The third-order valence-corrected chi connectivity index (χ3v) is 5.26. The number of carbonyl (C=O) groups is 1. The van der Waals surface area contributed by atoms with Crippen LogP contribution in [0.1, 0.15) is 34.3 Å². The number of nitrogens with one attached hydrogen (secondary N) is 1. The number of rotatable bonds is 3. The molecule has 1 aromatic carbocycles. The van der Waals surface area contributed by atoms with Crippen LogP contribution in [0, 0.1) is 0 Å². The Bertz CT molecular complexity index is 495. The minimum Gasteiger partial charge on any atom is -0.387 e. The molecule has 1 saturated heterocycles. The van der Waals surface area contributed by atoms with E-state index in [0.717, 1.165) is 36.3 Å². The van der Waals surface area contributed by atoms with Crippen LogP contribution in [0.3, 0.4) is 0 Å². The van der Waals surface area contributed by atoms with Gasteiger partial charge in [-0.05, 0) is 54.7 Å². The number of fused-ring (bicyclic) bond motifs is 1. The predicted molar refractivity (Wildman–Crippen MR) is 77.7 cm³/mol. The van der Waals surface area contributed by atoms with Gasteiger partial charge in [-0.2, -0.15) is 11.8 Å². The molecule has 2 N–H and O–H groups in total. The maximum absolute atomic E-state index is 12.1. The first-order chi connectivity index (χ1) is 9.16. The van der Waals surface area contributed by atoms with Gasteiger partial charge in [0, 0.05) is 17.9 Å². The molecule has 0 aromatic heterocycles. The van der Waals surface area contributed by atoms with Crippen molar-refractivity contribution in [3.05, 3.63) is 34.9 Å². The van der Waals surface area contributed by atoms with Gasteiger partial charge in [0.05, 0.1) is 5.60 Å². The Balaban J connectivity index is 1.64. The fourth-order valence-corrected chi connectivity index (χ4v) is 4.09. The molecule has 1 amide bonds. The summed E-state index contributed by atoms with van der Waals surface area (Å²) in [6.07, 6.45) is 4.17. The van der Waals surface area contributed by atoms with Crippen molar-refractivity contribution in [3.63, 3.8) is 0 Å². The second-order valence-corrected chi connectivity index (χ2v) is 6.65. The SMILES string of the molecule is O=C(NCC1(O)CCSC1)c1ccc2c(c1)CCC2. The van der Waals surface area contributed by atoms with Gasteiger partial charge in [-0.25, -0.2) is 0 Å². The quantitative estimate of drug-likeness (QED) is 0.885. The fraction of sp³-hybridized carbons (Fsp3) is 0.533. The van der Waals surface area contributed by atoms with Gasteiger partial charge >= 0.3 is 0 Å². The van der Waals surface area contributed by atoms with Crippen LogP contribution in [0.15, 0.2) is 18.2 Å². The molecule has 1 aromatic rings. The average Bonchev–Trinajstić information content (AvgIpc) is 3.04. The first-order valence-electron chi connectivity index (χ1n) is 6.86. The lowest BCUT2D eigenvalue weighted by molar-refractivity contribution is 0.0612. The first-order valence-corrected chi connectivity index (χ1v) is 8.02. The van der Waals surface area contributed by atoms with Gasteiger partial charge in [0.2, 0.25) is 0 Å². The van der Waals surface area contributed by atoms with E-state index in [0.29, 0.717) is 6.54 Å². The van der Waals surface area contributed by atoms with E-state index in [1.807, 2.05) is 12.1 Å². The Morgan fingerprint density at radius 3 is 3.00 bits per heavy atom. The van der Waals surface area contributed by atoms with E-state index in [-0.39, 0.29) is 5.91 Å². The number of carbonyl (C=O) groups excluding carboxylic acids is 1. The van der Waals surface area contributed by atoms with Crippen LogP contribution in [-0.4, -0.2) is 34.7 Å². The largest absolute Gasteiger partial charge is 0.387 e. The van der Waals surface area contributed by atoms with Crippen LogP contribution >= 0.6 is 11.8 Å². The highest BCUT2D eigenvalue weighted by molar-refractivity contribution is 7.99. The Labute approximate surface area is 117 Å². The summed E-state index contributed by atoms with van der Waals surface area (Å²) in [4.78, 5) is 12.1. The lowest BCUT2D eigenvalue weighted by Gasteiger charge is -2.21. The highest BCUT2D eigenvalue weighted by Gasteiger charge is 2.32. The molecule has 4 heteroatoms. The van der Waals surface area contributed by atoms with Crippen molar-refractivity contribution >= 4 is 17.7 Å². The molecule has 0 radical (unpaired) electrons. The molecule has 1 aliphatic heterocycles. The Morgan fingerprint density at radius 1 is 1.37 bits per heavy atom. The number of benzene rings is 1. The molecule has 2 aliphatic rings. The number of thioether (sulfide) groups is 1. The number of hydrogen-bond donors (Lipinski definition) is 2. The molecular weight excluding hydrogens is 258 g/mol. The van der Waals surface area contributed by atoms with Crippen LogP contribution in [0.2, 0.25) is 0 Å². The van der Waals surface area contributed by atoms with Crippen molar-refractivity contribution in [2.45, 2.75) is 31.3 Å². The Kier molecular flexibility index (Phi) is 3.54. The van der Waals surface area contributed by atoms with Crippen molar-refractivity contribution < 1.29 is 9.90 Å². The molecule has 1 fully saturated rings. The average molecular weight is 277 g/mol. The van der Waals surface area contributed by atoms with Crippen molar-refractivity contribution in [3.8, 4) is 0 Å². The van der Waals surface area contributed by atoms with Gasteiger partial charge in [0.1, 0.15) is 0 Å². The molecule has 19 heavy (non-hydrogen) atoms. The smallest absolute Gasteiger partial charge is 0.251 e. The van der Waals surface area contributed by atoms with E-state index in [9.17, 15) is 9.90 Å². The summed E-state index contributed by atoms with van der Waals surface area (Å²) in [6.45, 7) is 0.357. The molecule has 1 heterocycles. The first kappa shape index (κ1) is 13.0. The third kappa shape index (κ3) is 2.79. The van der Waals surface area contributed by atoms with Gasteiger partial charge < -0.3 is 10.4 Å². The number of amides is 1. The van der Waals surface area contributed by atoms with Gasteiger partial charge in [0.25, 0.3) is 5.91 Å². The number of aryl methyl sites for hydroxylation is 2. The van der Waals surface area contributed by atoms with Crippen molar-refractivity contribution in [1.82, 2.24) is 5.32 Å². The van der Waals surface area contributed by atoms with Crippen LogP contribution < -0.4 is 5.32 Å². The van der Waals surface area contributed by atoms with Gasteiger partial charge in [-0.1, -0.05) is 6.07 Å². The molecular formula is C15H19NO2S. The zero-order chi connectivity index (χ0) is 13.3. The fourth-order valence-electron chi connectivity index (χ4n) is 2.80. The lowest BCUT2D eigenvalue weighted by Crippen LogP contribution is -2.42. The molecule has 0 saturated carbocycles. The molecule has 102 valence electrons. The van der Waals surface area contributed by atoms with Crippen LogP contribution in [-0.2, 0) is 12.8 Å². The molecule has 1 atom stereocenters. The topological polar surface area (TPSA) is 49.3 Å². The van der Waals surface area contributed by atoms with E-state index < -0.39 is 5.60 Å². The Morgan fingerprint density at radius 2 is 2.21 bits per heavy atom. The van der Waals surface area contributed by atoms with Crippen LogP contribution in [0.4, 0.5) is 0 Å². The van der Waals surface area contributed by atoms with E-state index in [2.05, 4.69) is 11.4 Å². The van der Waals surface area contributed by atoms with E-state index in [4.69, 9.17) is 0 Å². The summed E-state index contributed by atoms with van der Waals surface area (Å²) in [5.41, 5.74) is 2.69. The zero-order valence-electron chi connectivity index (χ0n) is 10.9. The number of aliphatic hydroxyl groups is 1. The molecule has 3 rings (SSSR count). The summed E-state index contributed by atoms with van der Waals surface area (Å²) >= 11 is 1.74. The summed E-state index contributed by atoms with van der Waals surface area (Å²) in [6, 6.07) is 5.97. The van der Waals surface area contributed by atoms with E-state index >= 15 is 0 Å². The molecule has 0 bridgehead atoms. The predicted octanol–water partition coefficient (Wildman–Crippen LogP) is 1.77.